The van der Waals surface area contributed by atoms with Crippen LogP contribution >= 0.6 is 0 Å². The molecule has 160 valence electrons. The molecule has 1 saturated heterocycles. The van der Waals surface area contributed by atoms with Gasteiger partial charge in [-0.2, -0.15) is 5.06 Å². The van der Waals surface area contributed by atoms with E-state index in [-0.39, 0.29) is 6.42 Å². The number of unbranched alkanes of at least 4 members (excludes halogenated alkanes) is 11. The fourth-order valence-corrected chi connectivity index (χ4v) is 4.01. The number of carboxylic acid groups (broad SMARTS) is 1. The summed E-state index contributed by atoms with van der Waals surface area (Å²) in [7, 11) is 0. The van der Waals surface area contributed by atoms with Crippen LogP contribution in [-0.2, 0) is 9.53 Å². The Morgan fingerprint density at radius 3 is 1.78 bits per heavy atom. The lowest BCUT2D eigenvalue weighted by Gasteiger charge is -2.37. The zero-order valence-electron chi connectivity index (χ0n) is 18.0. The number of hydroxylamine groups is 2. The summed E-state index contributed by atoms with van der Waals surface area (Å²) in [5, 5.41) is 20.9. The Bertz CT molecular complexity index is 413. The van der Waals surface area contributed by atoms with Crippen LogP contribution in [0.3, 0.4) is 0 Å². The molecule has 1 heterocycles. The maximum absolute atomic E-state index is 11.0. The summed E-state index contributed by atoms with van der Waals surface area (Å²) < 4.78 is 5.93. The third-order valence-corrected chi connectivity index (χ3v) is 5.80. The van der Waals surface area contributed by atoms with Gasteiger partial charge < -0.3 is 15.1 Å². The fourth-order valence-electron chi connectivity index (χ4n) is 4.01. The number of rotatable bonds is 16. The van der Waals surface area contributed by atoms with Crippen LogP contribution in [0.4, 0.5) is 0 Å². The highest BCUT2D eigenvalue weighted by molar-refractivity contribution is 5.66. The molecule has 0 aliphatic carbocycles. The second-order valence-corrected chi connectivity index (χ2v) is 8.89. The molecule has 0 bridgehead atoms. The molecule has 27 heavy (non-hydrogen) atoms. The lowest BCUT2D eigenvalue weighted by Crippen LogP contribution is -2.50. The van der Waals surface area contributed by atoms with Gasteiger partial charge in [0.15, 0.2) is 0 Å². The van der Waals surface area contributed by atoms with Crippen molar-refractivity contribution < 1.29 is 19.8 Å². The van der Waals surface area contributed by atoms with E-state index >= 15 is 0 Å². The van der Waals surface area contributed by atoms with Gasteiger partial charge in [-0.15, -0.1) is 0 Å². The van der Waals surface area contributed by atoms with Crippen LogP contribution in [0.5, 0.6) is 0 Å². The van der Waals surface area contributed by atoms with Crippen molar-refractivity contribution in [2.24, 2.45) is 0 Å². The molecule has 1 atom stereocenters. The summed E-state index contributed by atoms with van der Waals surface area (Å²) in [6.07, 6.45) is 16.5. The Labute approximate surface area is 166 Å². The molecule has 0 aromatic rings. The maximum Gasteiger partial charge on any atom is 0.303 e. The first-order chi connectivity index (χ1) is 12.8. The zero-order valence-corrected chi connectivity index (χ0v) is 18.0. The quantitative estimate of drug-likeness (QED) is 0.312. The molecule has 1 fully saturated rings. The van der Waals surface area contributed by atoms with Gasteiger partial charge >= 0.3 is 5.97 Å². The van der Waals surface area contributed by atoms with E-state index in [4.69, 9.17) is 9.84 Å². The summed E-state index contributed by atoms with van der Waals surface area (Å²) in [6, 6.07) is 0. The van der Waals surface area contributed by atoms with Crippen LogP contribution in [0.25, 0.3) is 0 Å². The van der Waals surface area contributed by atoms with Gasteiger partial charge in [0.2, 0.25) is 0 Å². The molecule has 1 unspecified atom stereocenters. The molecule has 1 aliphatic rings. The van der Waals surface area contributed by atoms with Crippen LogP contribution in [0.2, 0.25) is 0 Å². The Hall–Kier alpha value is -0.650. The molecule has 5 nitrogen and oxygen atoms in total. The molecular formula is C22H43NO4. The van der Waals surface area contributed by atoms with Crippen LogP contribution in [0.15, 0.2) is 0 Å². The van der Waals surface area contributed by atoms with Crippen LogP contribution < -0.4 is 0 Å². The number of aliphatic carboxylic acids is 1. The van der Waals surface area contributed by atoms with E-state index < -0.39 is 17.2 Å². The SMILES string of the molecule is CCCCCCCCCCCCCCC1(CCC(=O)O)OCC(C)(C)N1O. The Kier molecular flexibility index (Phi) is 11.5. The molecule has 0 spiro atoms. The minimum atomic E-state index is -0.842. The number of hydrogen-bond donors (Lipinski definition) is 2. The van der Waals surface area contributed by atoms with Crippen molar-refractivity contribution in [3.8, 4) is 0 Å². The van der Waals surface area contributed by atoms with E-state index in [2.05, 4.69) is 6.92 Å². The molecular weight excluding hydrogens is 342 g/mol. The fraction of sp³-hybridized carbons (Fsp3) is 0.955. The van der Waals surface area contributed by atoms with Gasteiger partial charge in [0, 0.05) is 12.8 Å². The van der Waals surface area contributed by atoms with Crippen molar-refractivity contribution in [1.82, 2.24) is 5.06 Å². The van der Waals surface area contributed by atoms with E-state index in [0.29, 0.717) is 19.4 Å². The van der Waals surface area contributed by atoms with Crippen LogP contribution in [0, 0.1) is 0 Å². The topological polar surface area (TPSA) is 70.0 Å². The number of ether oxygens (including phenoxy) is 1. The van der Waals surface area contributed by atoms with Gasteiger partial charge in [-0.1, -0.05) is 77.6 Å². The molecule has 2 N–H and O–H groups in total. The summed E-state index contributed by atoms with van der Waals surface area (Å²) >= 11 is 0. The van der Waals surface area contributed by atoms with E-state index in [0.717, 1.165) is 12.8 Å². The molecule has 0 saturated carbocycles. The molecule has 1 aliphatic heterocycles. The third kappa shape index (κ3) is 8.93. The maximum atomic E-state index is 11.0. The summed E-state index contributed by atoms with van der Waals surface area (Å²) in [6.45, 7) is 6.54. The minimum absolute atomic E-state index is 0.0192. The van der Waals surface area contributed by atoms with Gasteiger partial charge in [0.25, 0.3) is 0 Å². The zero-order chi connectivity index (χ0) is 20.2. The van der Waals surface area contributed by atoms with Gasteiger partial charge in [-0.05, 0) is 26.7 Å². The van der Waals surface area contributed by atoms with Crippen molar-refractivity contribution in [3.05, 3.63) is 0 Å². The standard InChI is InChI=1S/C22H43NO4/c1-4-5-6-7-8-9-10-11-12-13-14-15-17-22(18-16-20(24)25)23(26)21(2,3)19-27-22/h26H,4-19H2,1-3H3,(H,24,25). The normalized spacial score (nSPS) is 22.4. The van der Waals surface area contributed by atoms with Gasteiger partial charge in [-0.3, -0.25) is 4.79 Å². The first-order valence-electron chi connectivity index (χ1n) is 11.2. The average Bonchev–Trinajstić information content (AvgIpc) is 2.85. The van der Waals surface area contributed by atoms with Crippen molar-refractivity contribution in [2.75, 3.05) is 6.61 Å². The second-order valence-electron chi connectivity index (χ2n) is 8.89. The molecule has 5 heteroatoms. The van der Waals surface area contributed by atoms with Gasteiger partial charge in [-0.25, -0.2) is 0 Å². The highest BCUT2D eigenvalue weighted by Crippen LogP contribution is 2.40. The Morgan fingerprint density at radius 2 is 1.37 bits per heavy atom. The molecule has 1 rings (SSSR count). The van der Waals surface area contributed by atoms with Crippen LogP contribution in [0.1, 0.15) is 117 Å². The second kappa shape index (κ2) is 12.7. The number of nitrogens with zero attached hydrogens (tertiary/aromatic N) is 1. The number of carboxylic acids is 1. The Balaban J connectivity index is 2.17. The van der Waals surface area contributed by atoms with Crippen molar-refractivity contribution in [2.45, 2.75) is 128 Å². The van der Waals surface area contributed by atoms with Gasteiger partial charge in [0.05, 0.1) is 12.1 Å². The predicted octanol–water partition coefficient (Wildman–Crippen LogP) is 6.14. The van der Waals surface area contributed by atoms with E-state index in [1.165, 1.54) is 69.3 Å². The van der Waals surface area contributed by atoms with E-state index in [9.17, 15) is 10.0 Å². The molecule has 0 radical (unpaired) electrons. The summed E-state index contributed by atoms with van der Waals surface area (Å²) in [5.74, 6) is -0.842. The monoisotopic (exact) mass is 385 g/mol. The average molecular weight is 386 g/mol. The smallest absolute Gasteiger partial charge is 0.303 e. The summed E-state index contributed by atoms with van der Waals surface area (Å²) in [5.41, 5.74) is -1.30. The first kappa shape index (κ1) is 24.4. The highest BCUT2D eigenvalue weighted by atomic mass is 16.6. The minimum Gasteiger partial charge on any atom is -0.481 e. The molecule has 0 aromatic heterocycles. The van der Waals surface area contributed by atoms with Crippen molar-refractivity contribution >= 4 is 5.97 Å². The number of carbonyl (C=O) groups is 1. The molecule has 0 aromatic carbocycles. The Morgan fingerprint density at radius 1 is 0.889 bits per heavy atom. The third-order valence-electron chi connectivity index (χ3n) is 5.80. The lowest BCUT2D eigenvalue weighted by molar-refractivity contribution is -0.256. The first-order valence-corrected chi connectivity index (χ1v) is 11.2. The van der Waals surface area contributed by atoms with E-state index in [1.54, 1.807) is 0 Å². The van der Waals surface area contributed by atoms with Crippen molar-refractivity contribution in [1.29, 1.82) is 0 Å². The summed E-state index contributed by atoms with van der Waals surface area (Å²) in [4.78, 5) is 11.0. The van der Waals surface area contributed by atoms with Gasteiger partial charge in [0.1, 0.15) is 5.72 Å². The number of hydrogen-bond acceptors (Lipinski definition) is 4. The van der Waals surface area contributed by atoms with Crippen LogP contribution in [-0.4, -0.2) is 39.2 Å². The highest BCUT2D eigenvalue weighted by Gasteiger charge is 2.51. The molecule has 0 amide bonds. The predicted molar refractivity (Wildman–Crippen MR) is 109 cm³/mol. The van der Waals surface area contributed by atoms with Crippen molar-refractivity contribution in [3.63, 3.8) is 0 Å². The largest absolute Gasteiger partial charge is 0.481 e. The van der Waals surface area contributed by atoms with E-state index in [1.807, 2.05) is 13.8 Å². The lowest BCUT2D eigenvalue weighted by atomic mass is 9.96.